The van der Waals surface area contributed by atoms with Crippen LogP contribution in [0.5, 0.6) is 0 Å². The Morgan fingerprint density at radius 2 is 2.08 bits per heavy atom. The van der Waals surface area contributed by atoms with Gasteiger partial charge in [0.1, 0.15) is 12.6 Å². The number of nitrogens with zero attached hydrogens (tertiary/aromatic N) is 2. The summed E-state index contributed by atoms with van der Waals surface area (Å²) in [6.45, 7) is 4.18. The first-order valence-electron chi connectivity index (χ1n) is 9.22. The van der Waals surface area contributed by atoms with E-state index in [0.717, 1.165) is 4.90 Å². The first-order chi connectivity index (χ1) is 12.2. The Hall–Kier alpha value is -1.35. The maximum absolute atomic E-state index is 12.8. The Morgan fingerprint density at radius 3 is 2.69 bits per heavy atom. The Morgan fingerprint density at radius 1 is 1.35 bits per heavy atom. The molecule has 9 heteroatoms. The number of carbonyl (C=O) groups is 2. The van der Waals surface area contributed by atoms with E-state index in [1.165, 1.54) is 0 Å². The topological polar surface area (TPSA) is 61.9 Å². The van der Waals surface area contributed by atoms with Crippen molar-refractivity contribution in [3.63, 3.8) is 0 Å². The van der Waals surface area contributed by atoms with Crippen molar-refractivity contribution in [2.75, 3.05) is 39.3 Å². The van der Waals surface area contributed by atoms with E-state index in [1.807, 2.05) is 6.92 Å². The van der Waals surface area contributed by atoms with Crippen molar-refractivity contribution < 1.29 is 27.5 Å². The summed E-state index contributed by atoms with van der Waals surface area (Å²) in [7, 11) is 0. The minimum Gasteiger partial charge on any atom is -0.375 e. The van der Waals surface area contributed by atoms with Crippen molar-refractivity contribution in [1.82, 2.24) is 15.1 Å². The van der Waals surface area contributed by atoms with Gasteiger partial charge in [-0.3, -0.25) is 9.59 Å². The average molecular weight is 379 g/mol. The van der Waals surface area contributed by atoms with Crippen molar-refractivity contribution in [2.45, 2.75) is 51.4 Å². The van der Waals surface area contributed by atoms with Crippen molar-refractivity contribution in [1.29, 1.82) is 0 Å². The molecule has 0 spiro atoms. The molecule has 2 saturated heterocycles. The lowest BCUT2D eigenvalue weighted by molar-refractivity contribution is -0.165. The number of piperidine rings is 1. The summed E-state index contributed by atoms with van der Waals surface area (Å²) in [6, 6.07) is -0.473. The van der Waals surface area contributed by atoms with Gasteiger partial charge in [-0.2, -0.15) is 13.2 Å². The van der Waals surface area contributed by atoms with Crippen LogP contribution in [0.4, 0.5) is 13.2 Å². The van der Waals surface area contributed by atoms with Gasteiger partial charge in [-0.25, -0.2) is 0 Å². The van der Waals surface area contributed by atoms with Gasteiger partial charge in [0.2, 0.25) is 11.8 Å². The molecule has 0 aromatic heterocycles. The van der Waals surface area contributed by atoms with Crippen molar-refractivity contribution in [2.24, 2.45) is 5.92 Å². The molecule has 3 atom stereocenters. The molecular formula is C17H28F3N3O3. The molecule has 0 radical (unpaired) electrons. The molecule has 2 amide bonds. The lowest BCUT2D eigenvalue weighted by Gasteiger charge is -2.38. The number of hydrogen-bond donors (Lipinski definition) is 1. The molecule has 0 aliphatic carbocycles. The SMILES string of the molecule is CCCN(CC(F)(F)F)C(=O)C1CCCN(C(=O)[C@H]2NCCO[C@@H]2C)C1. The standard InChI is InChI=1S/C17H28F3N3O3/c1-3-7-23(11-17(18,19)20)15(24)13-5-4-8-22(10-13)16(25)14-12(2)26-9-6-21-14/h12-14,21H,3-11H2,1-2H3/t12-,13?,14+/m1/s1. The van der Waals surface area contributed by atoms with E-state index < -0.39 is 30.6 Å². The molecule has 2 aliphatic rings. The zero-order valence-electron chi connectivity index (χ0n) is 15.3. The fraction of sp³-hybridized carbons (Fsp3) is 0.882. The van der Waals surface area contributed by atoms with E-state index in [0.29, 0.717) is 39.0 Å². The summed E-state index contributed by atoms with van der Waals surface area (Å²) >= 11 is 0. The third-order valence-electron chi connectivity index (χ3n) is 4.84. The molecule has 2 aliphatic heterocycles. The van der Waals surface area contributed by atoms with Gasteiger partial charge in [-0.05, 0) is 26.2 Å². The van der Waals surface area contributed by atoms with E-state index in [9.17, 15) is 22.8 Å². The Bertz CT molecular complexity index is 501. The molecule has 2 rings (SSSR count). The number of halogens is 3. The van der Waals surface area contributed by atoms with Gasteiger partial charge in [0.05, 0.1) is 18.6 Å². The zero-order valence-corrected chi connectivity index (χ0v) is 15.3. The minimum atomic E-state index is -4.42. The molecular weight excluding hydrogens is 351 g/mol. The van der Waals surface area contributed by atoms with Crippen LogP contribution in [-0.4, -0.2) is 79.3 Å². The highest BCUT2D eigenvalue weighted by atomic mass is 19.4. The first kappa shape index (κ1) is 21.0. The van der Waals surface area contributed by atoms with Crippen LogP contribution in [0.2, 0.25) is 0 Å². The molecule has 0 aromatic rings. The normalized spacial score (nSPS) is 27.3. The smallest absolute Gasteiger partial charge is 0.375 e. The van der Waals surface area contributed by atoms with E-state index in [4.69, 9.17) is 4.74 Å². The van der Waals surface area contributed by atoms with Crippen molar-refractivity contribution >= 4 is 11.8 Å². The summed E-state index contributed by atoms with van der Waals surface area (Å²) in [6.07, 6.45) is -3.12. The second kappa shape index (κ2) is 9.03. The molecule has 26 heavy (non-hydrogen) atoms. The summed E-state index contributed by atoms with van der Waals surface area (Å²) in [5, 5.41) is 3.12. The zero-order chi connectivity index (χ0) is 19.3. The van der Waals surface area contributed by atoms with E-state index in [1.54, 1.807) is 11.8 Å². The molecule has 6 nitrogen and oxygen atoms in total. The molecule has 2 heterocycles. The fourth-order valence-electron chi connectivity index (χ4n) is 3.60. The van der Waals surface area contributed by atoms with E-state index in [-0.39, 0.29) is 25.1 Å². The summed E-state index contributed by atoms with van der Waals surface area (Å²) < 4.78 is 43.8. The van der Waals surface area contributed by atoms with Gasteiger partial charge < -0.3 is 19.9 Å². The second-order valence-electron chi connectivity index (χ2n) is 7.01. The van der Waals surface area contributed by atoms with Crippen LogP contribution in [0.25, 0.3) is 0 Å². The Balaban J connectivity index is 2.01. The minimum absolute atomic E-state index is 0.0673. The summed E-state index contributed by atoms with van der Waals surface area (Å²) in [5.74, 6) is -1.24. The maximum Gasteiger partial charge on any atom is 0.406 e. The number of nitrogens with one attached hydrogen (secondary N) is 1. The van der Waals surface area contributed by atoms with Crippen LogP contribution in [0.1, 0.15) is 33.1 Å². The van der Waals surface area contributed by atoms with Gasteiger partial charge in [0.25, 0.3) is 0 Å². The van der Waals surface area contributed by atoms with Gasteiger partial charge in [0.15, 0.2) is 0 Å². The maximum atomic E-state index is 12.8. The quantitative estimate of drug-likeness (QED) is 0.785. The number of carbonyl (C=O) groups excluding carboxylic acids is 2. The fourth-order valence-corrected chi connectivity index (χ4v) is 3.60. The second-order valence-corrected chi connectivity index (χ2v) is 7.01. The highest BCUT2D eigenvalue weighted by Gasteiger charge is 2.39. The van der Waals surface area contributed by atoms with E-state index in [2.05, 4.69) is 5.32 Å². The van der Waals surface area contributed by atoms with Crippen LogP contribution in [0.15, 0.2) is 0 Å². The highest BCUT2D eigenvalue weighted by Crippen LogP contribution is 2.23. The third-order valence-corrected chi connectivity index (χ3v) is 4.84. The monoisotopic (exact) mass is 379 g/mol. The molecule has 150 valence electrons. The molecule has 2 fully saturated rings. The summed E-state index contributed by atoms with van der Waals surface area (Å²) in [4.78, 5) is 27.8. The third kappa shape index (κ3) is 5.57. The molecule has 0 aromatic carbocycles. The molecule has 1 N–H and O–H groups in total. The van der Waals surface area contributed by atoms with Gasteiger partial charge in [-0.15, -0.1) is 0 Å². The van der Waals surface area contributed by atoms with Crippen molar-refractivity contribution in [3.8, 4) is 0 Å². The van der Waals surface area contributed by atoms with Crippen LogP contribution in [-0.2, 0) is 14.3 Å². The van der Waals surface area contributed by atoms with Crippen LogP contribution in [0.3, 0.4) is 0 Å². The molecule has 0 saturated carbocycles. The van der Waals surface area contributed by atoms with Crippen LogP contribution < -0.4 is 5.32 Å². The molecule has 0 bridgehead atoms. The number of morpholine rings is 1. The first-order valence-corrected chi connectivity index (χ1v) is 9.22. The number of rotatable bonds is 5. The number of hydrogen-bond acceptors (Lipinski definition) is 4. The Labute approximate surface area is 152 Å². The van der Waals surface area contributed by atoms with Gasteiger partial charge >= 0.3 is 6.18 Å². The predicted molar refractivity (Wildman–Crippen MR) is 89.4 cm³/mol. The number of amides is 2. The highest BCUT2D eigenvalue weighted by molar-refractivity contribution is 5.84. The summed E-state index contributed by atoms with van der Waals surface area (Å²) in [5.41, 5.74) is 0. The van der Waals surface area contributed by atoms with Crippen molar-refractivity contribution in [3.05, 3.63) is 0 Å². The number of alkyl halides is 3. The number of likely N-dealkylation sites (tertiary alicyclic amines) is 1. The Kier molecular flexibility index (Phi) is 7.28. The predicted octanol–water partition coefficient (Wildman–Crippen LogP) is 1.40. The number of ether oxygens (including phenoxy) is 1. The lowest BCUT2D eigenvalue weighted by atomic mass is 9.95. The molecule has 1 unspecified atom stereocenters. The van der Waals surface area contributed by atoms with Crippen LogP contribution >= 0.6 is 0 Å². The van der Waals surface area contributed by atoms with Gasteiger partial charge in [0, 0.05) is 26.2 Å². The van der Waals surface area contributed by atoms with E-state index >= 15 is 0 Å². The van der Waals surface area contributed by atoms with Gasteiger partial charge in [-0.1, -0.05) is 6.92 Å². The average Bonchev–Trinajstić information content (AvgIpc) is 2.59. The van der Waals surface area contributed by atoms with Crippen LogP contribution in [0, 0.1) is 5.92 Å². The lowest BCUT2D eigenvalue weighted by Crippen LogP contribution is -2.58. The largest absolute Gasteiger partial charge is 0.406 e.